The maximum atomic E-state index is 4.51. The van der Waals surface area contributed by atoms with Gasteiger partial charge >= 0.3 is 0 Å². The molecule has 3 heteroatoms. The van der Waals surface area contributed by atoms with E-state index in [1.807, 2.05) is 13.4 Å². The fourth-order valence-electron chi connectivity index (χ4n) is 2.66. The second kappa shape index (κ2) is 4.69. The van der Waals surface area contributed by atoms with Crippen molar-refractivity contribution in [1.29, 1.82) is 0 Å². The van der Waals surface area contributed by atoms with Gasteiger partial charge in [-0.2, -0.15) is 0 Å². The van der Waals surface area contributed by atoms with E-state index in [1.54, 1.807) is 0 Å². The minimum Gasteiger partial charge on any atom is -0.340 e. The third kappa shape index (κ3) is 2.44. The van der Waals surface area contributed by atoms with Crippen LogP contribution >= 0.6 is 15.9 Å². The zero-order chi connectivity index (χ0) is 10.8. The standard InChI is InChI=1S/C12H19BrN2/c1-3-9-4-5-10(13)6-11(9)12-7-15(2)8-14-12/h7-11H,3-6H2,1-2H3. The second-order valence-corrected chi connectivity index (χ2v) is 5.94. The van der Waals surface area contributed by atoms with Gasteiger partial charge in [0.2, 0.25) is 0 Å². The average molecular weight is 271 g/mol. The maximum Gasteiger partial charge on any atom is 0.0946 e. The van der Waals surface area contributed by atoms with Gasteiger partial charge in [0.15, 0.2) is 0 Å². The quantitative estimate of drug-likeness (QED) is 0.753. The number of halogens is 1. The van der Waals surface area contributed by atoms with Crippen molar-refractivity contribution in [2.75, 3.05) is 0 Å². The number of imidazole rings is 1. The van der Waals surface area contributed by atoms with Gasteiger partial charge in [-0.25, -0.2) is 4.98 Å². The van der Waals surface area contributed by atoms with Crippen LogP contribution in [0, 0.1) is 5.92 Å². The number of nitrogens with zero attached hydrogens (tertiary/aromatic N) is 2. The molecule has 0 spiro atoms. The molecule has 2 nitrogen and oxygen atoms in total. The average Bonchev–Trinajstić information content (AvgIpc) is 2.65. The van der Waals surface area contributed by atoms with Crippen LogP contribution in [-0.2, 0) is 7.05 Å². The Morgan fingerprint density at radius 3 is 2.93 bits per heavy atom. The van der Waals surface area contributed by atoms with Crippen LogP contribution in [0.1, 0.15) is 44.2 Å². The van der Waals surface area contributed by atoms with Crippen molar-refractivity contribution >= 4 is 15.9 Å². The molecule has 3 unspecified atom stereocenters. The lowest BCUT2D eigenvalue weighted by atomic mass is 9.76. The van der Waals surface area contributed by atoms with E-state index in [9.17, 15) is 0 Å². The Labute approximate surface area is 100 Å². The predicted molar refractivity (Wildman–Crippen MR) is 66.3 cm³/mol. The zero-order valence-corrected chi connectivity index (χ0v) is 11.1. The molecule has 0 N–H and O–H groups in total. The summed E-state index contributed by atoms with van der Waals surface area (Å²) in [6.45, 7) is 2.30. The molecule has 1 aliphatic rings. The minimum atomic E-state index is 0.661. The van der Waals surface area contributed by atoms with Crippen molar-refractivity contribution in [3.63, 3.8) is 0 Å². The Morgan fingerprint density at radius 1 is 1.53 bits per heavy atom. The van der Waals surface area contributed by atoms with E-state index in [1.165, 1.54) is 31.4 Å². The SMILES string of the molecule is CCC1CCC(Br)CC1c1cn(C)cn1. The van der Waals surface area contributed by atoms with E-state index >= 15 is 0 Å². The maximum absolute atomic E-state index is 4.51. The van der Waals surface area contributed by atoms with Crippen molar-refractivity contribution in [2.45, 2.75) is 43.4 Å². The molecule has 15 heavy (non-hydrogen) atoms. The largest absolute Gasteiger partial charge is 0.340 e. The van der Waals surface area contributed by atoms with Crippen molar-refractivity contribution in [3.05, 3.63) is 18.2 Å². The first-order chi connectivity index (χ1) is 7.20. The van der Waals surface area contributed by atoms with Crippen LogP contribution in [0.5, 0.6) is 0 Å². The van der Waals surface area contributed by atoms with E-state index in [-0.39, 0.29) is 0 Å². The van der Waals surface area contributed by atoms with Gasteiger partial charge in [0.25, 0.3) is 0 Å². The zero-order valence-electron chi connectivity index (χ0n) is 9.49. The van der Waals surface area contributed by atoms with Crippen LogP contribution in [0.3, 0.4) is 0 Å². The summed E-state index contributed by atoms with van der Waals surface area (Å²) in [6, 6.07) is 0. The number of alkyl halides is 1. The molecule has 84 valence electrons. The van der Waals surface area contributed by atoms with E-state index in [2.05, 4.69) is 38.6 Å². The Hall–Kier alpha value is -0.310. The summed E-state index contributed by atoms with van der Waals surface area (Å²) < 4.78 is 2.06. The molecule has 1 aromatic heterocycles. The number of rotatable bonds is 2. The predicted octanol–water partition coefficient (Wildman–Crippen LogP) is 3.48. The third-order valence-electron chi connectivity index (χ3n) is 3.56. The van der Waals surface area contributed by atoms with Gasteiger partial charge in [0, 0.05) is 24.0 Å². The second-order valence-electron chi connectivity index (χ2n) is 4.65. The topological polar surface area (TPSA) is 17.8 Å². The van der Waals surface area contributed by atoms with Crippen molar-refractivity contribution in [1.82, 2.24) is 9.55 Å². The molecule has 1 aliphatic carbocycles. The Morgan fingerprint density at radius 2 is 2.33 bits per heavy atom. The van der Waals surface area contributed by atoms with Crippen LogP contribution in [0.15, 0.2) is 12.5 Å². The lowest BCUT2D eigenvalue weighted by Crippen LogP contribution is -2.23. The van der Waals surface area contributed by atoms with Gasteiger partial charge in [-0.05, 0) is 25.2 Å². The van der Waals surface area contributed by atoms with Gasteiger partial charge in [-0.3, -0.25) is 0 Å². The summed E-state index contributed by atoms with van der Waals surface area (Å²) in [4.78, 5) is 5.20. The van der Waals surface area contributed by atoms with Crippen LogP contribution in [0.4, 0.5) is 0 Å². The number of hydrogen-bond acceptors (Lipinski definition) is 1. The van der Waals surface area contributed by atoms with Crippen LogP contribution < -0.4 is 0 Å². The van der Waals surface area contributed by atoms with Crippen LogP contribution in [0.25, 0.3) is 0 Å². The fourth-order valence-corrected chi connectivity index (χ4v) is 3.32. The first-order valence-electron chi connectivity index (χ1n) is 5.82. The lowest BCUT2D eigenvalue weighted by Gasteiger charge is -2.32. The third-order valence-corrected chi connectivity index (χ3v) is 4.39. The van der Waals surface area contributed by atoms with Gasteiger partial charge in [-0.1, -0.05) is 29.3 Å². The summed E-state index contributed by atoms with van der Waals surface area (Å²) in [5.74, 6) is 1.49. The van der Waals surface area contributed by atoms with Gasteiger partial charge < -0.3 is 4.57 Å². The highest BCUT2D eigenvalue weighted by Crippen LogP contribution is 2.41. The molecule has 0 bridgehead atoms. The number of aryl methyl sites for hydroxylation is 1. The Kier molecular flexibility index (Phi) is 3.49. The number of aromatic nitrogens is 2. The highest BCUT2D eigenvalue weighted by molar-refractivity contribution is 9.09. The van der Waals surface area contributed by atoms with Gasteiger partial charge in [0.1, 0.15) is 0 Å². The first-order valence-corrected chi connectivity index (χ1v) is 6.74. The summed E-state index contributed by atoms with van der Waals surface area (Å²) in [6.07, 6.45) is 9.28. The Balaban J connectivity index is 2.16. The highest BCUT2D eigenvalue weighted by atomic mass is 79.9. The molecule has 1 saturated carbocycles. The van der Waals surface area contributed by atoms with Crippen molar-refractivity contribution < 1.29 is 0 Å². The molecule has 2 rings (SSSR count). The van der Waals surface area contributed by atoms with Crippen molar-refractivity contribution in [2.24, 2.45) is 13.0 Å². The molecular weight excluding hydrogens is 252 g/mol. The molecule has 0 radical (unpaired) electrons. The van der Waals surface area contributed by atoms with E-state index < -0.39 is 0 Å². The molecule has 0 aromatic carbocycles. The highest BCUT2D eigenvalue weighted by Gasteiger charge is 2.30. The molecule has 1 fully saturated rings. The molecule has 1 aromatic rings. The normalized spacial score (nSPS) is 31.8. The minimum absolute atomic E-state index is 0.661. The van der Waals surface area contributed by atoms with Crippen LogP contribution in [-0.4, -0.2) is 14.4 Å². The monoisotopic (exact) mass is 270 g/mol. The molecule has 0 amide bonds. The molecule has 0 saturated heterocycles. The lowest BCUT2D eigenvalue weighted by molar-refractivity contribution is 0.303. The summed E-state index contributed by atoms with van der Waals surface area (Å²) in [5, 5.41) is 0. The van der Waals surface area contributed by atoms with E-state index in [0.29, 0.717) is 10.7 Å². The van der Waals surface area contributed by atoms with Crippen molar-refractivity contribution in [3.8, 4) is 0 Å². The van der Waals surface area contributed by atoms with E-state index in [0.717, 1.165) is 5.92 Å². The fraction of sp³-hybridized carbons (Fsp3) is 0.750. The number of hydrogen-bond donors (Lipinski definition) is 0. The van der Waals surface area contributed by atoms with Crippen LogP contribution in [0.2, 0.25) is 0 Å². The molecule has 1 heterocycles. The smallest absolute Gasteiger partial charge is 0.0946 e. The molecular formula is C12H19BrN2. The van der Waals surface area contributed by atoms with Gasteiger partial charge in [-0.15, -0.1) is 0 Å². The molecule has 0 aliphatic heterocycles. The Bertz CT molecular complexity index is 321. The van der Waals surface area contributed by atoms with Gasteiger partial charge in [0.05, 0.1) is 12.0 Å². The summed E-state index contributed by atoms with van der Waals surface area (Å²) in [5.41, 5.74) is 1.29. The first kappa shape index (κ1) is 11.2. The summed E-state index contributed by atoms with van der Waals surface area (Å²) in [7, 11) is 2.05. The van der Waals surface area contributed by atoms with E-state index in [4.69, 9.17) is 0 Å². The summed E-state index contributed by atoms with van der Waals surface area (Å²) >= 11 is 3.75. The molecule has 3 atom stereocenters.